The highest BCUT2D eigenvalue weighted by atomic mass is 16.2. The number of carbonyl (C=O) groups is 1. The Labute approximate surface area is 108 Å². The first-order valence-electron chi connectivity index (χ1n) is 6.33. The van der Waals surface area contributed by atoms with Gasteiger partial charge in [-0.25, -0.2) is 0 Å². The molecule has 1 aromatic heterocycles. The van der Waals surface area contributed by atoms with E-state index in [0.717, 1.165) is 31.9 Å². The van der Waals surface area contributed by atoms with Crippen molar-refractivity contribution < 1.29 is 4.79 Å². The van der Waals surface area contributed by atoms with Crippen molar-refractivity contribution in [2.24, 2.45) is 5.92 Å². The zero-order chi connectivity index (χ0) is 13.1. The average Bonchev–Trinajstić information content (AvgIpc) is 2.38. The van der Waals surface area contributed by atoms with Crippen molar-refractivity contribution in [1.29, 1.82) is 0 Å². The van der Waals surface area contributed by atoms with E-state index in [1.54, 1.807) is 12.4 Å². The molecule has 98 valence electrons. The van der Waals surface area contributed by atoms with Crippen LogP contribution in [0.2, 0.25) is 0 Å². The predicted octanol–water partition coefficient (Wildman–Crippen LogP) is 0.968. The third-order valence-corrected chi connectivity index (χ3v) is 3.25. The van der Waals surface area contributed by atoms with Crippen LogP contribution in [-0.2, 0) is 4.79 Å². The molecule has 1 amide bonds. The quantitative estimate of drug-likeness (QED) is 0.847. The highest BCUT2D eigenvalue weighted by Gasteiger charge is 2.23. The van der Waals surface area contributed by atoms with Crippen molar-refractivity contribution in [3.8, 4) is 0 Å². The fraction of sp³-hybridized carbons (Fsp3) is 0.538. The van der Waals surface area contributed by atoms with Gasteiger partial charge in [-0.3, -0.25) is 9.78 Å². The normalized spacial score (nSPS) is 16.2. The molecule has 2 N–H and O–H groups in total. The molecule has 0 saturated carbocycles. The molecule has 0 bridgehead atoms. The number of hydrogen-bond acceptors (Lipinski definition) is 4. The van der Waals surface area contributed by atoms with Crippen LogP contribution in [0.15, 0.2) is 18.5 Å². The highest BCUT2D eigenvalue weighted by Crippen LogP contribution is 2.22. The van der Waals surface area contributed by atoms with Crippen LogP contribution in [0.3, 0.4) is 0 Å². The minimum absolute atomic E-state index is 0.0718. The third kappa shape index (κ3) is 2.55. The number of amides is 1. The number of hydrogen-bond donors (Lipinski definition) is 1. The van der Waals surface area contributed by atoms with E-state index in [1.165, 1.54) is 0 Å². The maximum atomic E-state index is 11.9. The maximum absolute atomic E-state index is 11.9. The molecule has 5 nitrogen and oxygen atoms in total. The molecule has 1 aliphatic heterocycles. The van der Waals surface area contributed by atoms with Crippen LogP contribution in [0.1, 0.15) is 13.8 Å². The number of nitrogens with zero attached hydrogens (tertiary/aromatic N) is 3. The molecule has 5 heteroatoms. The second kappa shape index (κ2) is 5.25. The van der Waals surface area contributed by atoms with Crippen LogP contribution in [0.4, 0.5) is 11.4 Å². The summed E-state index contributed by atoms with van der Waals surface area (Å²) in [5, 5.41) is 0. The first kappa shape index (κ1) is 12.7. The van der Waals surface area contributed by atoms with Gasteiger partial charge in [-0.05, 0) is 6.07 Å². The standard InChI is InChI=1S/C13H20N4O/c1-10(2)13(18)17-7-5-16(6-8-17)12-3-4-15-9-11(12)14/h3-4,9-10H,5-8,14H2,1-2H3. The Morgan fingerprint density at radius 1 is 1.33 bits per heavy atom. The second-order valence-electron chi connectivity index (χ2n) is 4.90. The molecule has 0 aromatic carbocycles. The van der Waals surface area contributed by atoms with Gasteiger partial charge < -0.3 is 15.5 Å². The molecule has 0 radical (unpaired) electrons. The van der Waals surface area contributed by atoms with Gasteiger partial charge in [0.05, 0.1) is 17.6 Å². The van der Waals surface area contributed by atoms with Crippen LogP contribution >= 0.6 is 0 Å². The van der Waals surface area contributed by atoms with Crippen LogP contribution in [0.25, 0.3) is 0 Å². The molecular weight excluding hydrogens is 228 g/mol. The van der Waals surface area contributed by atoms with Crippen molar-refractivity contribution in [2.75, 3.05) is 36.8 Å². The fourth-order valence-corrected chi connectivity index (χ4v) is 2.22. The Kier molecular flexibility index (Phi) is 3.69. The van der Waals surface area contributed by atoms with E-state index in [4.69, 9.17) is 5.73 Å². The predicted molar refractivity (Wildman–Crippen MR) is 72.3 cm³/mol. The van der Waals surface area contributed by atoms with E-state index in [1.807, 2.05) is 24.8 Å². The lowest BCUT2D eigenvalue weighted by molar-refractivity contribution is -0.134. The molecule has 0 aliphatic carbocycles. The summed E-state index contributed by atoms with van der Waals surface area (Å²) in [6.07, 6.45) is 3.41. The zero-order valence-corrected chi connectivity index (χ0v) is 11.0. The number of piperazine rings is 1. The van der Waals surface area contributed by atoms with Gasteiger partial charge in [-0.15, -0.1) is 0 Å². The van der Waals surface area contributed by atoms with Crippen LogP contribution in [-0.4, -0.2) is 42.0 Å². The maximum Gasteiger partial charge on any atom is 0.225 e. The smallest absolute Gasteiger partial charge is 0.225 e. The summed E-state index contributed by atoms with van der Waals surface area (Å²) in [6, 6.07) is 1.93. The van der Waals surface area contributed by atoms with Crippen LogP contribution in [0.5, 0.6) is 0 Å². The molecule has 1 saturated heterocycles. The molecule has 18 heavy (non-hydrogen) atoms. The number of carbonyl (C=O) groups excluding carboxylic acids is 1. The van der Waals surface area contributed by atoms with E-state index >= 15 is 0 Å². The summed E-state index contributed by atoms with van der Waals surface area (Å²) < 4.78 is 0. The number of nitrogen functional groups attached to an aromatic ring is 1. The largest absolute Gasteiger partial charge is 0.396 e. The minimum Gasteiger partial charge on any atom is -0.396 e. The van der Waals surface area contributed by atoms with Crippen molar-refractivity contribution in [1.82, 2.24) is 9.88 Å². The topological polar surface area (TPSA) is 62.5 Å². The van der Waals surface area contributed by atoms with E-state index in [-0.39, 0.29) is 11.8 Å². The van der Waals surface area contributed by atoms with Gasteiger partial charge in [0.25, 0.3) is 0 Å². The number of anilines is 2. The summed E-state index contributed by atoms with van der Waals surface area (Å²) in [7, 11) is 0. The van der Waals surface area contributed by atoms with Gasteiger partial charge in [0.15, 0.2) is 0 Å². The number of aromatic nitrogens is 1. The van der Waals surface area contributed by atoms with E-state index in [9.17, 15) is 4.79 Å². The summed E-state index contributed by atoms with van der Waals surface area (Å²) in [4.78, 5) is 20.0. The lowest BCUT2D eigenvalue weighted by atomic mass is 10.1. The first-order chi connectivity index (χ1) is 8.59. The van der Waals surface area contributed by atoms with Gasteiger partial charge in [-0.2, -0.15) is 0 Å². The fourth-order valence-electron chi connectivity index (χ4n) is 2.22. The second-order valence-corrected chi connectivity index (χ2v) is 4.90. The molecule has 1 aromatic rings. The molecule has 1 fully saturated rings. The zero-order valence-electron chi connectivity index (χ0n) is 11.0. The Bertz CT molecular complexity index is 425. The molecule has 2 rings (SSSR count). The Balaban J connectivity index is 1.99. The Hall–Kier alpha value is -1.78. The van der Waals surface area contributed by atoms with Crippen molar-refractivity contribution >= 4 is 17.3 Å². The van der Waals surface area contributed by atoms with Gasteiger partial charge in [0.1, 0.15) is 0 Å². The minimum atomic E-state index is 0.0718. The summed E-state index contributed by atoms with van der Waals surface area (Å²) in [5.74, 6) is 0.305. The van der Waals surface area contributed by atoms with Crippen molar-refractivity contribution in [3.05, 3.63) is 18.5 Å². The first-order valence-corrected chi connectivity index (χ1v) is 6.33. The van der Waals surface area contributed by atoms with Crippen molar-refractivity contribution in [2.45, 2.75) is 13.8 Å². The van der Waals surface area contributed by atoms with E-state index in [0.29, 0.717) is 5.69 Å². The molecular formula is C13H20N4O. The van der Waals surface area contributed by atoms with Crippen LogP contribution in [0, 0.1) is 5.92 Å². The summed E-state index contributed by atoms with van der Waals surface area (Å²) in [6.45, 7) is 7.06. The van der Waals surface area contributed by atoms with Gasteiger partial charge in [0, 0.05) is 38.3 Å². The Morgan fingerprint density at radius 3 is 2.56 bits per heavy atom. The molecule has 1 aliphatic rings. The monoisotopic (exact) mass is 248 g/mol. The summed E-state index contributed by atoms with van der Waals surface area (Å²) in [5.41, 5.74) is 7.62. The summed E-state index contributed by atoms with van der Waals surface area (Å²) >= 11 is 0. The van der Waals surface area contributed by atoms with Crippen LogP contribution < -0.4 is 10.6 Å². The van der Waals surface area contributed by atoms with Gasteiger partial charge >= 0.3 is 0 Å². The molecule has 0 atom stereocenters. The number of rotatable bonds is 2. The van der Waals surface area contributed by atoms with E-state index < -0.39 is 0 Å². The van der Waals surface area contributed by atoms with Crippen molar-refractivity contribution in [3.63, 3.8) is 0 Å². The molecule has 2 heterocycles. The lowest BCUT2D eigenvalue weighted by Gasteiger charge is -2.37. The third-order valence-electron chi connectivity index (χ3n) is 3.25. The number of nitrogens with two attached hydrogens (primary N) is 1. The van der Waals surface area contributed by atoms with Gasteiger partial charge in [-0.1, -0.05) is 13.8 Å². The van der Waals surface area contributed by atoms with Gasteiger partial charge in [0.2, 0.25) is 5.91 Å². The molecule has 0 spiro atoms. The number of pyridine rings is 1. The lowest BCUT2D eigenvalue weighted by Crippen LogP contribution is -2.50. The molecule has 0 unspecified atom stereocenters. The highest BCUT2D eigenvalue weighted by molar-refractivity contribution is 5.78. The SMILES string of the molecule is CC(C)C(=O)N1CCN(c2ccncc2N)CC1. The average molecular weight is 248 g/mol. The van der Waals surface area contributed by atoms with E-state index in [2.05, 4.69) is 9.88 Å². The Morgan fingerprint density at radius 2 is 2.00 bits per heavy atom.